The highest BCUT2D eigenvalue weighted by Gasteiger charge is 2.30. The topological polar surface area (TPSA) is 81.1 Å². The molecule has 1 fully saturated rings. The molecular weight excluding hydrogens is 294 g/mol. The number of imide groups is 1. The minimum atomic E-state index is -0.679. The van der Waals surface area contributed by atoms with Crippen molar-refractivity contribution < 1.29 is 9.59 Å². The molecule has 120 valence electrons. The molecule has 1 aromatic carbocycles. The summed E-state index contributed by atoms with van der Waals surface area (Å²) in [4.78, 5) is 40.7. The van der Waals surface area contributed by atoms with E-state index >= 15 is 0 Å². The highest BCUT2D eigenvalue weighted by Crippen LogP contribution is 2.22. The molecule has 1 atom stereocenters. The average Bonchev–Trinajstić information content (AvgIpc) is 2.48. The molecule has 0 radical (unpaired) electrons. The largest absolute Gasteiger partial charge is 0.295 e. The molecule has 0 saturated carbocycles. The van der Waals surface area contributed by atoms with Gasteiger partial charge in [-0.2, -0.15) is 0 Å². The fourth-order valence-electron chi connectivity index (χ4n) is 2.98. The fraction of sp³-hybridized carbons (Fsp3) is 0.412. The van der Waals surface area contributed by atoms with E-state index in [0.717, 1.165) is 5.56 Å². The molecule has 0 spiro atoms. The van der Waals surface area contributed by atoms with Crippen LogP contribution in [-0.2, 0) is 9.59 Å². The number of rotatable bonds is 2. The molecule has 2 aromatic rings. The lowest BCUT2D eigenvalue weighted by molar-refractivity contribution is -0.135. The Morgan fingerprint density at radius 1 is 1.26 bits per heavy atom. The number of hydrogen-bond donors (Lipinski definition) is 1. The molecule has 0 aliphatic carbocycles. The van der Waals surface area contributed by atoms with Crippen molar-refractivity contribution in [1.29, 1.82) is 0 Å². The zero-order chi connectivity index (χ0) is 16.7. The summed E-state index contributed by atoms with van der Waals surface area (Å²) in [5.74, 6) is 0.0932. The van der Waals surface area contributed by atoms with Gasteiger partial charge in [-0.05, 0) is 37.0 Å². The van der Waals surface area contributed by atoms with E-state index in [-0.39, 0.29) is 17.9 Å². The highest BCUT2D eigenvalue weighted by molar-refractivity contribution is 5.99. The van der Waals surface area contributed by atoms with Gasteiger partial charge in [0.05, 0.1) is 10.9 Å². The number of aryl methyl sites for hydroxylation is 1. The first-order chi connectivity index (χ1) is 10.9. The van der Waals surface area contributed by atoms with E-state index in [1.807, 2.05) is 12.1 Å². The Kier molecular flexibility index (Phi) is 3.75. The van der Waals surface area contributed by atoms with Gasteiger partial charge in [0.15, 0.2) is 0 Å². The van der Waals surface area contributed by atoms with Gasteiger partial charge in [0, 0.05) is 6.42 Å². The molecule has 2 heterocycles. The van der Waals surface area contributed by atoms with Crippen LogP contribution < -0.4 is 10.9 Å². The third-order valence-electron chi connectivity index (χ3n) is 4.29. The number of piperidine rings is 1. The molecule has 3 rings (SSSR count). The van der Waals surface area contributed by atoms with Crippen molar-refractivity contribution in [3.8, 4) is 0 Å². The van der Waals surface area contributed by atoms with E-state index in [2.05, 4.69) is 24.1 Å². The summed E-state index contributed by atoms with van der Waals surface area (Å²) in [5, 5.41) is 2.78. The molecular formula is C17H19N3O3. The summed E-state index contributed by atoms with van der Waals surface area (Å²) in [6.45, 7) is 5.88. The minimum absolute atomic E-state index is 0.229. The van der Waals surface area contributed by atoms with Crippen LogP contribution in [0, 0.1) is 6.92 Å². The lowest BCUT2D eigenvalue weighted by Crippen LogP contribution is -2.45. The van der Waals surface area contributed by atoms with Crippen molar-refractivity contribution in [2.24, 2.45) is 0 Å². The van der Waals surface area contributed by atoms with Gasteiger partial charge in [-0.3, -0.25) is 24.3 Å². The zero-order valence-electron chi connectivity index (χ0n) is 13.4. The van der Waals surface area contributed by atoms with E-state index in [4.69, 9.17) is 0 Å². The summed E-state index contributed by atoms with van der Waals surface area (Å²) in [5.41, 5.74) is 1.52. The third kappa shape index (κ3) is 2.65. The standard InChI is InChI=1S/C17H19N3O3/c1-9(2)11-4-5-12-13(8-11)18-10(3)20(17(12)23)14-6-7-15(21)19-16(14)22/h4-5,8-9,14H,6-7H2,1-3H3,(H,19,21,22). The molecule has 1 unspecified atom stereocenters. The van der Waals surface area contributed by atoms with Crippen LogP contribution in [0.1, 0.15) is 50.0 Å². The van der Waals surface area contributed by atoms with Gasteiger partial charge in [-0.25, -0.2) is 4.98 Å². The Morgan fingerprint density at radius 3 is 2.65 bits per heavy atom. The Balaban J connectivity index is 2.15. The summed E-state index contributed by atoms with van der Waals surface area (Å²) < 4.78 is 1.40. The van der Waals surface area contributed by atoms with Crippen molar-refractivity contribution in [3.63, 3.8) is 0 Å². The number of amides is 2. The summed E-state index contributed by atoms with van der Waals surface area (Å²) in [6.07, 6.45) is 0.551. The van der Waals surface area contributed by atoms with E-state index in [9.17, 15) is 14.4 Å². The van der Waals surface area contributed by atoms with Gasteiger partial charge in [-0.1, -0.05) is 19.9 Å². The van der Waals surface area contributed by atoms with Crippen molar-refractivity contribution in [2.45, 2.75) is 45.6 Å². The second-order valence-electron chi connectivity index (χ2n) is 6.23. The second-order valence-corrected chi connectivity index (χ2v) is 6.23. The van der Waals surface area contributed by atoms with Gasteiger partial charge in [0.25, 0.3) is 5.56 Å². The van der Waals surface area contributed by atoms with Gasteiger partial charge < -0.3 is 0 Å². The summed E-state index contributed by atoms with van der Waals surface area (Å²) >= 11 is 0. The SMILES string of the molecule is Cc1nc2cc(C(C)C)ccc2c(=O)n1C1CCC(=O)NC1=O. The van der Waals surface area contributed by atoms with Crippen LogP contribution >= 0.6 is 0 Å². The van der Waals surface area contributed by atoms with Crippen LogP contribution in [0.3, 0.4) is 0 Å². The highest BCUT2D eigenvalue weighted by atomic mass is 16.2. The van der Waals surface area contributed by atoms with E-state index in [1.165, 1.54) is 4.57 Å². The first kappa shape index (κ1) is 15.4. The van der Waals surface area contributed by atoms with Crippen LogP contribution in [0.25, 0.3) is 10.9 Å². The van der Waals surface area contributed by atoms with Crippen LogP contribution in [0.4, 0.5) is 0 Å². The fourth-order valence-corrected chi connectivity index (χ4v) is 2.98. The number of fused-ring (bicyclic) bond motifs is 1. The molecule has 6 heteroatoms. The first-order valence-corrected chi connectivity index (χ1v) is 7.75. The van der Waals surface area contributed by atoms with Crippen molar-refractivity contribution >= 4 is 22.7 Å². The number of carbonyl (C=O) groups excluding carboxylic acids is 2. The number of aromatic nitrogens is 2. The average molecular weight is 313 g/mol. The Morgan fingerprint density at radius 2 is 2.00 bits per heavy atom. The van der Waals surface area contributed by atoms with Gasteiger partial charge >= 0.3 is 0 Å². The number of nitrogens with one attached hydrogen (secondary N) is 1. The Labute approximate surface area is 133 Å². The first-order valence-electron chi connectivity index (χ1n) is 7.75. The molecule has 2 amide bonds. The van der Waals surface area contributed by atoms with Crippen LogP contribution in [0.2, 0.25) is 0 Å². The van der Waals surface area contributed by atoms with Gasteiger partial charge in [0.2, 0.25) is 11.8 Å². The predicted molar refractivity (Wildman–Crippen MR) is 86.2 cm³/mol. The summed E-state index contributed by atoms with van der Waals surface area (Å²) in [7, 11) is 0. The van der Waals surface area contributed by atoms with Crippen molar-refractivity contribution in [3.05, 3.63) is 39.9 Å². The van der Waals surface area contributed by atoms with E-state index in [1.54, 1.807) is 13.0 Å². The maximum Gasteiger partial charge on any atom is 0.262 e. The van der Waals surface area contributed by atoms with Gasteiger partial charge in [0.1, 0.15) is 11.9 Å². The number of carbonyl (C=O) groups is 2. The molecule has 1 aliphatic rings. The molecule has 23 heavy (non-hydrogen) atoms. The molecule has 0 bridgehead atoms. The lowest BCUT2D eigenvalue weighted by atomic mass is 10.0. The normalized spacial score (nSPS) is 18.5. The van der Waals surface area contributed by atoms with Gasteiger partial charge in [-0.15, -0.1) is 0 Å². The second kappa shape index (κ2) is 5.61. The quantitative estimate of drug-likeness (QED) is 0.857. The number of benzene rings is 1. The predicted octanol–water partition coefficient (Wildman–Crippen LogP) is 1.81. The number of hydrogen-bond acceptors (Lipinski definition) is 4. The minimum Gasteiger partial charge on any atom is -0.295 e. The van der Waals surface area contributed by atoms with Crippen molar-refractivity contribution in [1.82, 2.24) is 14.9 Å². The molecule has 1 aromatic heterocycles. The van der Waals surface area contributed by atoms with Crippen molar-refractivity contribution in [2.75, 3.05) is 0 Å². The van der Waals surface area contributed by atoms with Crippen LogP contribution in [0.5, 0.6) is 0 Å². The molecule has 1 aliphatic heterocycles. The summed E-state index contributed by atoms with van der Waals surface area (Å²) in [6, 6.07) is 4.92. The maximum atomic E-state index is 12.8. The Bertz CT molecular complexity index is 867. The lowest BCUT2D eigenvalue weighted by Gasteiger charge is -2.24. The molecule has 1 N–H and O–H groups in total. The van der Waals surface area contributed by atoms with Crippen LogP contribution in [0.15, 0.2) is 23.0 Å². The maximum absolute atomic E-state index is 12.8. The Hall–Kier alpha value is -2.50. The number of nitrogens with zero attached hydrogens (tertiary/aromatic N) is 2. The van der Waals surface area contributed by atoms with Crippen LogP contribution in [-0.4, -0.2) is 21.4 Å². The zero-order valence-corrected chi connectivity index (χ0v) is 13.4. The molecule has 1 saturated heterocycles. The third-order valence-corrected chi connectivity index (χ3v) is 4.29. The smallest absolute Gasteiger partial charge is 0.262 e. The monoisotopic (exact) mass is 313 g/mol. The van der Waals surface area contributed by atoms with E-state index < -0.39 is 11.9 Å². The molecule has 6 nitrogen and oxygen atoms in total. The van der Waals surface area contributed by atoms with E-state index in [0.29, 0.717) is 29.1 Å².